The van der Waals surface area contributed by atoms with Gasteiger partial charge in [-0.15, -0.1) is 0 Å². The maximum Gasteiger partial charge on any atom is 0.226 e. The number of aromatic nitrogens is 1. The SMILES string of the molecule is CCc1cccc2c(CCNC(=O)C34CC5CC(CC(C5)C3)C4)c[nH]c12. The summed E-state index contributed by atoms with van der Waals surface area (Å²) in [5, 5.41) is 4.63. The van der Waals surface area contributed by atoms with Crippen molar-refractivity contribution in [3.05, 3.63) is 35.5 Å². The largest absolute Gasteiger partial charge is 0.361 e. The van der Waals surface area contributed by atoms with Crippen molar-refractivity contribution >= 4 is 16.8 Å². The van der Waals surface area contributed by atoms with E-state index < -0.39 is 0 Å². The normalized spacial score (nSPS) is 32.3. The van der Waals surface area contributed by atoms with E-state index in [1.165, 1.54) is 41.3 Å². The molecule has 4 fully saturated rings. The Morgan fingerprint density at radius 2 is 1.81 bits per heavy atom. The van der Waals surface area contributed by atoms with Gasteiger partial charge in [0.1, 0.15) is 0 Å². The van der Waals surface area contributed by atoms with Crippen LogP contribution in [0, 0.1) is 23.2 Å². The summed E-state index contributed by atoms with van der Waals surface area (Å²) in [5.74, 6) is 2.83. The second-order valence-corrected chi connectivity index (χ2v) is 9.21. The van der Waals surface area contributed by atoms with Crippen molar-refractivity contribution in [1.82, 2.24) is 10.3 Å². The topological polar surface area (TPSA) is 44.9 Å². The summed E-state index contributed by atoms with van der Waals surface area (Å²) < 4.78 is 0. The number of carbonyl (C=O) groups excluding carboxylic acids is 1. The van der Waals surface area contributed by atoms with Gasteiger partial charge in [-0.1, -0.05) is 25.1 Å². The van der Waals surface area contributed by atoms with Crippen molar-refractivity contribution in [2.24, 2.45) is 23.2 Å². The number of aryl methyl sites for hydroxylation is 1. The van der Waals surface area contributed by atoms with Gasteiger partial charge >= 0.3 is 0 Å². The predicted molar refractivity (Wildman–Crippen MR) is 105 cm³/mol. The summed E-state index contributed by atoms with van der Waals surface area (Å²) in [5.41, 5.74) is 3.93. The lowest BCUT2D eigenvalue weighted by molar-refractivity contribution is -0.146. The molecule has 26 heavy (non-hydrogen) atoms. The predicted octanol–water partition coefficient (Wildman–Crippen LogP) is 4.61. The molecule has 0 aliphatic heterocycles. The molecule has 6 rings (SSSR count). The van der Waals surface area contributed by atoms with Gasteiger partial charge in [0.15, 0.2) is 0 Å². The van der Waals surface area contributed by atoms with Crippen LogP contribution in [0.5, 0.6) is 0 Å². The highest BCUT2D eigenvalue weighted by molar-refractivity contribution is 5.86. The van der Waals surface area contributed by atoms with Crippen LogP contribution in [0.15, 0.2) is 24.4 Å². The highest BCUT2D eigenvalue weighted by Crippen LogP contribution is 2.60. The zero-order valence-corrected chi connectivity index (χ0v) is 15.8. The zero-order chi connectivity index (χ0) is 17.7. The van der Waals surface area contributed by atoms with E-state index in [9.17, 15) is 4.79 Å². The number of amides is 1. The number of nitrogens with one attached hydrogen (secondary N) is 2. The highest BCUT2D eigenvalue weighted by atomic mass is 16.2. The Morgan fingerprint density at radius 3 is 2.46 bits per heavy atom. The Bertz CT molecular complexity index is 799. The molecule has 3 nitrogen and oxygen atoms in total. The average Bonchev–Trinajstić information content (AvgIpc) is 3.04. The van der Waals surface area contributed by atoms with Crippen LogP contribution in [0.3, 0.4) is 0 Å². The van der Waals surface area contributed by atoms with E-state index in [2.05, 4.69) is 41.6 Å². The lowest BCUT2D eigenvalue weighted by Gasteiger charge is -2.55. The summed E-state index contributed by atoms with van der Waals surface area (Å²) >= 11 is 0. The third kappa shape index (κ3) is 2.59. The Kier molecular flexibility index (Phi) is 3.88. The lowest BCUT2D eigenvalue weighted by Crippen LogP contribution is -2.53. The molecular weight excluding hydrogens is 320 g/mol. The number of para-hydroxylation sites is 1. The molecule has 138 valence electrons. The fourth-order valence-electron chi connectivity index (χ4n) is 6.66. The molecule has 0 spiro atoms. The second-order valence-electron chi connectivity index (χ2n) is 9.21. The third-order valence-corrected chi connectivity index (χ3v) is 7.47. The van der Waals surface area contributed by atoms with E-state index in [1.807, 2.05) is 0 Å². The number of benzene rings is 1. The Hall–Kier alpha value is -1.77. The molecule has 1 heterocycles. The summed E-state index contributed by atoms with van der Waals surface area (Å²) in [6.07, 6.45) is 11.7. The van der Waals surface area contributed by atoms with E-state index in [4.69, 9.17) is 0 Å². The first-order chi connectivity index (χ1) is 12.7. The van der Waals surface area contributed by atoms with E-state index >= 15 is 0 Å². The summed E-state index contributed by atoms with van der Waals surface area (Å²) in [4.78, 5) is 16.5. The molecule has 4 bridgehead atoms. The molecular formula is C23H30N2O. The molecule has 1 amide bonds. The first-order valence-electron chi connectivity index (χ1n) is 10.5. The molecule has 0 radical (unpaired) electrons. The second kappa shape index (κ2) is 6.14. The van der Waals surface area contributed by atoms with Crippen LogP contribution in [-0.2, 0) is 17.6 Å². The molecule has 1 aromatic carbocycles. The summed E-state index contributed by atoms with van der Waals surface area (Å²) in [6.45, 7) is 2.95. The Balaban J connectivity index is 1.25. The van der Waals surface area contributed by atoms with Crippen LogP contribution in [0.2, 0.25) is 0 Å². The minimum absolute atomic E-state index is 0.0235. The van der Waals surface area contributed by atoms with Crippen molar-refractivity contribution in [3.8, 4) is 0 Å². The standard InChI is InChI=1S/C23H30N2O/c1-2-18-4-3-5-20-19(14-25-21(18)20)6-7-24-22(26)23-11-15-8-16(12-23)10-17(9-15)13-23/h3-5,14-17,25H,2,6-13H2,1H3,(H,24,26). The van der Waals surface area contributed by atoms with Gasteiger partial charge in [-0.05, 0) is 80.2 Å². The molecule has 1 aromatic heterocycles. The molecule has 0 unspecified atom stereocenters. The number of carbonyl (C=O) groups is 1. The van der Waals surface area contributed by atoms with Gasteiger partial charge in [-0.3, -0.25) is 4.79 Å². The number of aromatic amines is 1. The zero-order valence-electron chi connectivity index (χ0n) is 15.8. The van der Waals surface area contributed by atoms with Gasteiger partial charge in [-0.25, -0.2) is 0 Å². The smallest absolute Gasteiger partial charge is 0.226 e. The van der Waals surface area contributed by atoms with Crippen LogP contribution in [0.25, 0.3) is 10.9 Å². The number of H-pyrrole nitrogens is 1. The first-order valence-corrected chi connectivity index (χ1v) is 10.5. The minimum Gasteiger partial charge on any atom is -0.361 e. The van der Waals surface area contributed by atoms with E-state index in [-0.39, 0.29) is 5.41 Å². The number of hydrogen-bond donors (Lipinski definition) is 2. The maximum atomic E-state index is 13.1. The molecule has 0 atom stereocenters. The molecule has 4 aliphatic carbocycles. The van der Waals surface area contributed by atoms with Crippen molar-refractivity contribution in [2.45, 2.75) is 58.3 Å². The van der Waals surface area contributed by atoms with Crippen molar-refractivity contribution in [2.75, 3.05) is 6.54 Å². The van der Waals surface area contributed by atoms with Gasteiger partial charge in [-0.2, -0.15) is 0 Å². The monoisotopic (exact) mass is 350 g/mol. The fourth-order valence-corrected chi connectivity index (χ4v) is 6.66. The van der Waals surface area contributed by atoms with Crippen LogP contribution in [0.1, 0.15) is 56.6 Å². The third-order valence-electron chi connectivity index (χ3n) is 7.47. The van der Waals surface area contributed by atoms with Gasteiger partial charge in [0, 0.05) is 29.1 Å². The molecule has 0 saturated heterocycles. The fraction of sp³-hybridized carbons (Fsp3) is 0.609. The average molecular weight is 351 g/mol. The van der Waals surface area contributed by atoms with E-state index in [0.29, 0.717) is 5.91 Å². The number of fused-ring (bicyclic) bond motifs is 1. The van der Waals surface area contributed by atoms with E-state index in [1.54, 1.807) is 0 Å². The van der Waals surface area contributed by atoms with Crippen molar-refractivity contribution in [3.63, 3.8) is 0 Å². The highest BCUT2D eigenvalue weighted by Gasteiger charge is 2.54. The van der Waals surface area contributed by atoms with Gasteiger partial charge in [0.05, 0.1) is 0 Å². The van der Waals surface area contributed by atoms with Crippen LogP contribution in [-0.4, -0.2) is 17.4 Å². The van der Waals surface area contributed by atoms with Gasteiger partial charge in [0.2, 0.25) is 5.91 Å². The molecule has 2 N–H and O–H groups in total. The molecule has 4 aliphatic rings. The van der Waals surface area contributed by atoms with Crippen molar-refractivity contribution in [1.29, 1.82) is 0 Å². The van der Waals surface area contributed by atoms with Crippen LogP contribution < -0.4 is 5.32 Å². The minimum atomic E-state index is -0.0235. The van der Waals surface area contributed by atoms with Gasteiger partial charge in [0.25, 0.3) is 0 Å². The quantitative estimate of drug-likeness (QED) is 0.813. The van der Waals surface area contributed by atoms with Crippen LogP contribution in [0.4, 0.5) is 0 Å². The summed E-state index contributed by atoms with van der Waals surface area (Å²) in [6, 6.07) is 6.53. The van der Waals surface area contributed by atoms with E-state index in [0.717, 1.165) is 56.4 Å². The maximum absolute atomic E-state index is 13.1. The number of rotatable bonds is 5. The van der Waals surface area contributed by atoms with Crippen molar-refractivity contribution < 1.29 is 4.79 Å². The van der Waals surface area contributed by atoms with Crippen LogP contribution >= 0.6 is 0 Å². The molecule has 3 heteroatoms. The molecule has 2 aromatic rings. The van der Waals surface area contributed by atoms with Gasteiger partial charge < -0.3 is 10.3 Å². The Morgan fingerprint density at radius 1 is 1.12 bits per heavy atom. The first kappa shape index (κ1) is 16.4. The summed E-state index contributed by atoms with van der Waals surface area (Å²) in [7, 11) is 0. The number of hydrogen-bond acceptors (Lipinski definition) is 1. The lowest BCUT2D eigenvalue weighted by atomic mass is 9.49. The Labute approximate surface area is 155 Å². The molecule has 4 saturated carbocycles.